The van der Waals surface area contributed by atoms with Crippen LogP contribution >= 0.6 is 12.2 Å². The second-order valence-corrected chi connectivity index (χ2v) is 3.56. The van der Waals surface area contributed by atoms with Crippen LogP contribution in [0.15, 0.2) is 0 Å². The van der Waals surface area contributed by atoms with Crippen molar-refractivity contribution in [3.05, 3.63) is 0 Å². The molecule has 0 aliphatic carbocycles. The molecule has 0 aromatic heterocycles. The number of nitrogens with two attached hydrogens (primary N) is 2. The van der Waals surface area contributed by atoms with E-state index in [2.05, 4.69) is 17.5 Å². The third kappa shape index (κ3) is 5.37. The van der Waals surface area contributed by atoms with Gasteiger partial charge < -0.3 is 21.9 Å². The van der Waals surface area contributed by atoms with E-state index in [0.29, 0.717) is 19.4 Å². The fraction of sp³-hybridized carbons (Fsp3) is 0.714. The minimum absolute atomic E-state index is 0.217. The maximum Gasteiger partial charge on any atom is 0.323 e. The highest BCUT2D eigenvalue weighted by atomic mass is 32.1. The maximum absolute atomic E-state index is 10.6. The van der Waals surface area contributed by atoms with E-state index in [0.717, 1.165) is 0 Å². The molecule has 0 saturated heterocycles. The minimum Gasteiger partial charge on any atom is -0.480 e. The van der Waals surface area contributed by atoms with E-state index < -0.39 is 11.5 Å². The first-order chi connectivity index (χ1) is 5.86. The van der Waals surface area contributed by atoms with Gasteiger partial charge in [0.1, 0.15) is 5.54 Å². The lowest BCUT2D eigenvalue weighted by Gasteiger charge is -2.18. The van der Waals surface area contributed by atoms with E-state index in [1.165, 1.54) is 6.92 Å². The fourth-order valence-electron chi connectivity index (χ4n) is 0.774. The summed E-state index contributed by atoms with van der Waals surface area (Å²) in [6, 6.07) is 0. The van der Waals surface area contributed by atoms with Gasteiger partial charge in [-0.3, -0.25) is 4.79 Å². The average molecular weight is 205 g/mol. The molecule has 0 spiro atoms. The highest BCUT2D eigenvalue weighted by molar-refractivity contribution is 7.80. The topological polar surface area (TPSA) is 101 Å². The summed E-state index contributed by atoms with van der Waals surface area (Å²) in [4.78, 5) is 10.6. The molecule has 76 valence electrons. The van der Waals surface area contributed by atoms with E-state index in [9.17, 15) is 4.79 Å². The summed E-state index contributed by atoms with van der Waals surface area (Å²) in [6.45, 7) is 2.03. The van der Waals surface area contributed by atoms with Gasteiger partial charge in [-0.05, 0) is 32.0 Å². The number of hydrogen-bond acceptors (Lipinski definition) is 3. The molecule has 1 unspecified atom stereocenters. The monoisotopic (exact) mass is 205 g/mol. The molecule has 0 radical (unpaired) electrons. The van der Waals surface area contributed by atoms with E-state index in [4.69, 9.17) is 16.6 Å². The van der Waals surface area contributed by atoms with Crippen LogP contribution < -0.4 is 16.8 Å². The Morgan fingerprint density at radius 2 is 2.23 bits per heavy atom. The van der Waals surface area contributed by atoms with Crippen LogP contribution in [0.3, 0.4) is 0 Å². The lowest BCUT2D eigenvalue weighted by Crippen LogP contribution is -2.45. The molecule has 0 amide bonds. The Balaban J connectivity index is 3.64. The van der Waals surface area contributed by atoms with E-state index in [1.54, 1.807) is 0 Å². The average Bonchev–Trinajstić information content (AvgIpc) is 1.97. The van der Waals surface area contributed by atoms with Crippen molar-refractivity contribution in [3.8, 4) is 0 Å². The number of thiocarbonyl (C=S) groups is 1. The van der Waals surface area contributed by atoms with E-state index in [1.807, 2.05) is 0 Å². The molecular formula is C7H15N3O2S. The predicted molar refractivity (Wildman–Crippen MR) is 54.3 cm³/mol. The van der Waals surface area contributed by atoms with Crippen molar-refractivity contribution in [1.82, 2.24) is 5.32 Å². The number of rotatable bonds is 5. The van der Waals surface area contributed by atoms with Gasteiger partial charge in [0, 0.05) is 6.54 Å². The van der Waals surface area contributed by atoms with Gasteiger partial charge in [0.05, 0.1) is 0 Å². The van der Waals surface area contributed by atoms with Crippen LogP contribution in [0.2, 0.25) is 0 Å². The van der Waals surface area contributed by atoms with Crippen LogP contribution in [0.4, 0.5) is 0 Å². The summed E-state index contributed by atoms with van der Waals surface area (Å²) in [6.07, 6.45) is 1.01. The molecule has 5 nitrogen and oxygen atoms in total. The van der Waals surface area contributed by atoms with Gasteiger partial charge in [0.25, 0.3) is 0 Å². The number of carboxylic acids is 1. The Kier molecular flexibility index (Phi) is 4.64. The van der Waals surface area contributed by atoms with Crippen molar-refractivity contribution in [2.24, 2.45) is 11.5 Å². The SMILES string of the molecule is CC(N)(CCCNC(N)=S)C(=O)O. The largest absolute Gasteiger partial charge is 0.480 e. The smallest absolute Gasteiger partial charge is 0.323 e. The first-order valence-electron chi connectivity index (χ1n) is 3.92. The molecule has 6 heteroatoms. The highest BCUT2D eigenvalue weighted by Gasteiger charge is 2.26. The van der Waals surface area contributed by atoms with Crippen molar-refractivity contribution in [3.63, 3.8) is 0 Å². The molecule has 0 rings (SSSR count). The predicted octanol–water partition coefficient (Wildman–Crippen LogP) is -0.598. The molecule has 0 heterocycles. The van der Waals surface area contributed by atoms with Gasteiger partial charge in [-0.2, -0.15) is 0 Å². The van der Waals surface area contributed by atoms with Gasteiger partial charge in [-0.15, -0.1) is 0 Å². The van der Waals surface area contributed by atoms with Crippen LogP contribution in [-0.4, -0.2) is 28.3 Å². The molecular weight excluding hydrogens is 190 g/mol. The van der Waals surface area contributed by atoms with Crippen molar-refractivity contribution in [2.45, 2.75) is 25.3 Å². The lowest BCUT2D eigenvalue weighted by molar-refractivity contribution is -0.142. The Labute approximate surface area is 82.5 Å². The molecule has 0 aromatic rings. The molecule has 0 aliphatic heterocycles. The van der Waals surface area contributed by atoms with Crippen molar-refractivity contribution in [1.29, 1.82) is 0 Å². The number of aliphatic carboxylic acids is 1. The number of carboxylic acid groups (broad SMARTS) is 1. The first-order valence-corrected chi connectivity index (χ1v) is 4.32. The quantitative estimate of drug-likeness (QED) is 0.353. The second kappa shape index (κ2) is 4.98. The van der Waals surface area contributed by atoms with Crippen molar-refractivity contribution < 1.29 is 9.90 Å². The van der Waals surface area contributed by atoms with Crippen molar-refractivity contribution in [2.75, 3.05) is 6.54 Å². The molecule has 13 heavy (non-hydrogen) atoms. The van der Waals surface area contributed by atoms with Gasteiger partial charge >= 0.3 is 5.97 Å². The van der Waals surface area contributed by atoms with Crippen LogP contribution in [0.25, 0.3) is 0 Å². The number of hydrogen-bond donors (Lipinski definition) is 4. The highest BCUT2D eigenvalue weighted by Crippen LogP contribution is 2.07. The molecule has 0 saturated carbocycles. The molecule has 0 aromatic carbocycles. The molecule has 1 atom stereocenters. The Morgan fingerprint density at radius 1 is 1.69 bits per heavy atom. The summed E-state index contributed by atoms with van der Waals surface area (Å²) < 4.78 is 0. The van der Waals surface area contributed by atoms with Gasteiger partial charge in [-0.1, -0.05) is 0 Å². The molecule has 0 bridgehead atoms. The first kappa shape index (κ1) is 12.1. The Bertz CT molecular complexity index is 206. The second-order valence-electron chi connectivity index (χ2n) is 3.12. The number of nitrogens with one attached hydrogen (secondary N) is 1. The summed E-state index contributed by atoms with van der Waals surface area (Å²) in [5.41, 5.74) is 9.49. The lowest BCUT2D eigenvalue weighted by atomic mass is 9.98. The van der Waals surface area contributed by atoms with Crippen LogP contribution in [0.5, 0.6) is 0 Å². The molecule has 0 aliphatic rings. The van der Waals surface area contributed by atoms with Gasteiger partial charge in [0.2, 0.25) is 0 Å². The zero-order valence-corrected chi connectivity index (χ0v) is 8.36. The van der Waals surface area contributed by atoms with Crippen LogP contribution in [0, 0.1) is 0 Å². The zero-order valence-electron chi connectivity index (χ0n) is 7.54. The Hall–Kier alpha value is -0.880. The maximum atomic E-state index is 10.6. The van der Waals surface area contributed by atoms with Gasteiger partial charge in [0.15, 0.2) is 5.11 Å². The summed E-state index contributed by atoms with van der Waals surface area (Å²) in [7, 11) is 0. The van der Waals surface area contributed by atoms with Crippen molar-refractivity contribution >= 4 is 23.3 Å². The standard InChI is InChI=1S/C7H15N3O2S/c1-7(9,5(11)12)3-2-4-10-6(8)13/h2-4,9H2,1H3,(H,11,12)(H3,8,10,13). The van der Waals surface area contributed by atoms with Gasteiger partial charge in [-0.25, -0.2) is 0 Å². The third-order valence-corrected chi connectivity index (χ3v) is 1.81. The van der Waals surface area contributed by atoms with Crippen LogP contribution in [-0.2, 0) is 4.79 Å². The zero-order chi connectivity index (χ0) is 10.5. The summed E-state index contributed by atoms with van der Waals surface area (Å²) in [5, 5.41) is 11.6. The fourth-order valence-corrected chi connectivity index (χ4v) is 0.876. The minimum atomic E-state index is -1.17. The molecule has 0 fully saturated rings. The van der Waals surface area contributed by atoms with E-state index in [-0.39, 0.29) is 5.11 Å². The summed E-state index contributed by atoms with van der Waals surface area (Å²) in [5.74, 6) is -0.997. The normalized spacial score (nSPS) is 14.6. The number of carbonyl (C=O) groups is 1. The Morgan fingerprint density at radius 3 is 2.62 bits per heavy atom. The molecule has 6 N–H and O–H groups in total. The van der Waals surface area contributed by atoms with E-state index >= 15 is 0 Å². The third-order valence-electron chi connectivity index (χ3n) is 1.66. The summed E-state index contributed by atoms with van der Waals surface area (Å²) >= 11 is 4.57. The van der Waals surface area contributed by atoms with Crippen LogP contribution in [0.1, 0.15) is 19.8 Å².